The highest BCUT2D eigenvalue weighted by atomic mass is 16.1. The number of hydrogen-bond donors (Lipinski definition) is 1. The van der Waals surface area contributed by atoms with Crippen molar-refractivity contribution in [2.24, 2.45) is 0 Å². The molecule has 0 radical (unpaired) electrons. The fourth-order valence-electron chi connectivity index (χ4n) is 1.26. The first kappa shape index (κ1) is 10.3. The van der Waals surface area contributed by atoms with Crippen LogP contribution in [-0.2, 0) is 11.2 Å². The van der Waals surface area contributed by atoms with Crippen LogP contribution >= 0.6 is 0 Å². The van der Waals surface area contributed by atoms with Crippen molar-refractivity contribution < 1.29 is 4.79 Å². The average molecular weight is 188 g/mol. The molecule has 3 nitrogen and oxygen atoms in total. The van der Waals surface area contributed by atoms with Crippen LogP contribution in [0.3, 0.4) is 0 Å². The van der Waals surface area contributed by atoms with E-state index >= 15 is 0 Å². The Morgan fingerprint density at radius 2 is 2.21 bits per heavy atom. The number of rotatable bonds is 3. The monoisotopic (exact) mass is 188 g/mol. The summed E-state index contributed by atoms with van der Waals surface area (Å²) in [7, 11) is 0. The van der Waals surface area contributed by atoms with Gasteiger partial charge in [0.2, 0.25) is 5.91 Å². The van der Waals surface area contributed by atoms with E-state index < -0.39 is 0 Å². The van der Waals surface area contributed by atoms with E-state index in [9.17, 15) is 4.79 Å². The molecule has 0 saturated heterocycles. The molecule has 72 valence electrons. The third kappa shape index (κ3) is 2.91. The zero-order valence-electron chi connectivity index (χ0n) is 8.08. The second-order valence-corrected chi connectivity index (χ2v) is 3.09. The van der Waals surface area contributed by atoms with Gasteiger partial charge in [0.15, 0.2) is 6.19 Å². The minimum Gasteiger partial charge on any atom is -0.274 e. The van der Waals surface area contributed by atoms with Crippen LogP contribution < -0.4 is 5.32 Å². The maximum Gasteiger partial charge on any atom is 0.233 e. The van der Waals surface area contributed by atoms with E-state index in [1.54, 1.807) is 6.19 Å². The van der Waals surface area contributed by atoms with Crippen LogP contribution in [0.2, 0.25) is 0 Å². The molecule has 0 bridgehead atoms. The van der Waals surface area contributed by atoms with Crippen molar-refractivity contribution in [3.63, 3.8) is 0 Å². The van der Waals surface area contributed by atoms with E-state index in [1.807, 2.05) is 31.2 Å². The van der Waals surface area contributed by atoms with E-state index in [2.05, 4.69) is 5.32 Å². The number of amides is 1. The van der Waals surface area contributed by atoms with E-state index in [0.717, 1.165) is 5.56 Å². The highest BCUT2D eigenvalue weighted by molar-refractivity contribution is 5.77. The molecule has 1 N–H and O–H groups in total. The summed E-state index contributed by atoms with van der Waals surface area (Å²) in [6.45, 7) is 2.01. The van der Waals surface area contributed by atoms with Crippen molar-refractivity contribution in [2.75, 3.05) is 0 Å². The van der Waals surface area contributed by atoms with Gasteiger partial charge in [0.25, 0.3) is 0 Å². The highest BCUT2D eigenvalue weighted by Crippen LogP contribution is 2.08. The molecule has 0 fully saturated rings. The topological polar surface area (TPSA) is 52.9 Å². The Balaban J connectivity index is 2.51. The van der Waals surface area contributed by atoms with Crippen LogP contribution in [0.15, 0.2) is 24.3 Å². The van der Waals surface area contributed by atoms with Gasteiger partial charge in [-0.3, -0.25) is 10.1 Å². The summed E-state index contributed by atoms with van der Waals surface area (Å²) in [5.41, 5.74) is 2.33. The Kier molecular flexibility index (Phi) is 3.69. The second kappa shape index (κ2) is 5.03. The number of carbonyl (C=O) groups is 1. The van der Waals surface area contributed by atoms with Crippen molar-refractivity contribution in [2.45, 2.75) is 19.8 Å². The largest absolute Gasteiger partial charge is 0.274 e. The maximum atomic E-state index is 11.0. The SMILES string of the molecule is Cc1ccccc1CCC(=O)NC#N. The van der Waals surface area contributed by atoms with Gasteiger partial charge in [0, 0.05) is 6.42 Å². The molecule has 1 rings (SSSR count). The van der Waals surface area contributed by atoms with Crippen LogP contribution in [0.25, 0.3) is 0 Å². The summed E-state index contributed by atoms with van der Waals surface area (Å²) < 4.78 is 0. The first-order valence-electron chi connectivity index (χ1n) is 4.46. The van der Waals surface area contributed by atoms with Crippen molar-refractivity contribution in [3.8, 4) is 6.19 Å². The van der Waals surface area contributed by atoms with Gasteiger partial charge >= 0.3 is 0 Å². The summed E-state index contributed by atoms with van der Waals surface area (Å²) in [5, 5.41) is 10.3. The first-order valence-corrected chi connectivity index (χ1v) is 4.46. The fraction of sp³-hybridized carbons (Fsp3) is 0.273. The highest BCUT2D eigenvalue weighted by Gasteiger charge is 2.02. The van der Waals surface area contributed by atoms with Gasteiger partial charge in [-0.15, -0.1) is 0 Å². The predicted octanol–water partition coefficient (Wildman–Crippen LogP) is 1.52. The number of carbonyl (C=O) groups excluding carboxylic acids is 1. The zero-order chi connectivity index (χ0) is 10.4. The number of benzene rings is 1. The third-order valence-electron chi connectivity index (χ3n) is 2.08. The summed E-state index contributed by atoms with van der Waals surface area (Å²) in [6.07, 6.45) is 2.66. The second-order valence-electron chi connectivity index (χ2n) is 3.09. The van der Waals surface area contributed by atoms with Gasteiger partial charge in [0.05, 0.1) is 0 Å². The van der Waals surface area contributed by atoms with Gasteiger partial charge in [-0.25, -0.2) is 0 Å². The van der Waals surface area contributed by atoms with Crippen molar-refractivity contribution in [3.05, 3.63) is 35.4 Å². The third-order valence-corrected chi connectivity index (χ3v) is 2.08. The Hall–Kier alpha value is -1.82. The molecule has 0 heterocycles. The van der Waals surface area contributed by atoms with Crippen LogP contribution in [-0.4, -0.2) is 5.91 Å². The standard InChI is InChI=1S/C11H12N2O/c1-9-4-2-3-5-10(9)6-7-11(14)13-8-12/h2-5H,6-7H2,1H3,(H,13,14). The molecular weight excluding hydrogens is 176 g/mol. The molecule has 1 amide bonds. The minimum atomic E-state index is -0.226. The normalized spacial score (nSPS) is 9.14. The Morgan fingerprint density at radius 1 is 1.50 bits per heavy atom. The predicted molar refractivity (Wildman–Crippen MR) is 53.3 cm³/mol. The van der Waals surface area contributed by atoms with Crippen molar-refractivity contribution in [1.29, 1.82) is 5.26 Å². The van der Waals surface area contributed by atoms with E-state index in [0.29, 0.717) is 12.8 Å². The van der Waals surface area contributed by atoms with E-state index in [1.165, 1.54) is 5.56 Å². The Bertz CT molecular complexity index is 366. The summed E-state index contributed by atoms with van der Waals surface area (Å²) in [4.78, 5) is 11.0. The molecule has 0 aromatic heterocycles. The number of nitriles is 1. The molecule has 0 spiro atoms. The van der Waals surface area contributed by atoms with Crippen molar-refractivity contribution in [1.82, 2.24) is 5.32 Å². The zero-order valence-corrected chi connectivity index (χ0v) is 8.08. The molecule has 1 aromatic carbocycles. The fourth-order valence-corrected chi connectivity index (χ4v) is 1.26. The molecule has 1 aromatic rings. The Morgan fingerprint density at radius 3 is 2.86 bits per heavy atom. The Labute approximate surface area is 83.4 Å². The molecule has 0 atom stereocenters. The van der Waals surface area contributed by atoms with Gasteiger partial charge in [0.1, 0.15) is 0 Å². The van der Waals surface area contributed by atoms with E-state index in [-0.39, 0.29) is 5.91 Å². The van der Waals surface area contributed by atoms with Crippen molar-refractivity contribution >= 4 is 5.91 Å². The lowest BCUT2D eigenvalue weighted by molar-refractivity contribution is -0.119. The number of nitrogens with one attached hydrogen (secondary N) is 1. The van der Waals surface area contributed by atoms with E-state index in [4.69, 9.17) is 5.26 Å². The molecule has 3 heteroatoms. The molecular formula is C11H12N2O. The molecule has 0 aliphatic rings. The van der Waals surface area contributed by atoms with Gasteiger partial charge < -0.3 is 0 Å². The molecule has 0 saturated carbocycles. The van der Waals surface area contributed by atoms with Crippen LogP contribution in [0.5, 0.6) is 0 Å². The quantitative estimate of drug-likeness (QED) is 0.577. The average Bonchev–Trinajstić information content (AvgIpc) is 2.17. The van der Waals surface area contributed by atoms with Gasteiger partial charge in [-0.05, 0) is 24.5 Å². The van der Waals surface area contributed by atoms with Gasteiger partial charge in [-0.2, -0.15) is 5.26 Å². The number of nitrogens with zero attached hydrogens (tertiary/aromatic N) is 1. The smallest absolute Gasteiger partial charge is 0.233 e. The summed E-state index contributed by atoms with van der Waals surface area (Å²) >= 11 is 0. The molecule has 0 aliphatic carbocycles. The summed E-state index contributed by atoms with van der Waals surface area (Å²) in [6, 6.07) is 7.92. The lowest BCUT2D eigenvalue weighted by Crippen LogP contribution is -2.17. The lowest BCUT2D eigenvalue weighted by atomic mass is 10.0. The molecule has 0 unspecified atom stereocenters. The summed E-state index contributed by atoms with van der Waals surface area (Å²) in [5.74, 6) is -0.226. The van der Waals surface area contributed by atoms with Crippen LogP contribution in [0.1, 0.15) is 17.5 Å². The lowest BCUT2D eigenvalue weighted by Gasteiger charge is -2.03. The van der Waals surface area contributed by atoms with Gasteiger partial charge in [-0.1, -0.05) is 24.3 Å². The van der Waals surface area contributed by atoms with Crippen LogP contribution in [0, 0.1) is 18.4 Å². The first-order chi connectivity index (χ1) is 6.74. The molecule has 0 aliphatic heterocycles. The maximum absolute atomic E-state index is 11.0. The van der Waals surface area contributed by atoms with Crippen LogP contribution in [0.4, 0.5) is 0 Å². The number of aryl methyl sites for hydroxylation is 2. The number of hydrogen-bond acceptors (Lipinski definition) is 2. The minimum absolute atomic E-state index is 0.226. The molecule has 14 heavy (non-hydrogen) atoms.